The Kier molecular flexibility index (Phi) is 4.96. The molecular weight excluding hydrogens is 204 g/mol. The maximum atomic E-state index is 5.61. The van der Waals surface area contributed by atoms with Crippen LogP contribution in [-0.2, 0) is 17.7 Å². The van der Waals surface area contributed by atoms with Gasteiger partial charge in [-0.05, 0) is 26.8 Å². The Morgan fingerprint density at radius 1 is 1.50 bits per heavy atom. The Morgan fingerprint density at radius 3 is 2.88 bits per heavy atom. The van der Waals surface area contributed by atoms with Gasteiger partial charge in [0.15, 0.2) is 0 Å². The van der Waals surface area contributed by atoms with Crippen molar-refractivity contribution < 1.29 is 9.15 Å². The average molecular weight is 226 g/mol. The largest absolute Gasteiger partial charge is 0.444 e. The van der Waals surface area contributed by atoms with Crippen LogP contribution in [0, 0.1) is 0 Å². The predicted molar refractivity (Wildman–Crippen MR) is 63.3 cm³/mol. The van der Waals surface area contributed by atoms with E-state index in [1.165, 1.54) is 0 Å². The average Bonchev–Trinajstić information content (AvgIpc) is 2.65. The molecule has 4 heteroatoms. The molecule has 0 aliphatic rings. The third-order valence-electron chi connectivity index (χ3n) is 2.46. The van der Waals surface area contributed by atoms with Crippen molar-refractivity contribution in [3.63, 3.8) is 0 Å². The van der Waals surface area contributed by atoms with Gasteiger partial charge in [-0.3, -0.25) is 0 Å². The summed E-state index contributed by atoms with van der Waals surface area (Å²) in [4.78, 5) is 4.22. The molecule has 0 atom stereocenters. The van der Waals surface area contributed by atoms with Crippen molar-refractivity contribution in [1.29, 1.82) is 0 Å². The van der Waals surface area contributed by atoms with E-state index in [0.717, 1.165) is 31.0 Å². The van der Waals surface area contributed by atoms with Gasteiger partial charge in [0.05, 0.1) is 18.3 Å². The predicted octanol–water partition coefficient (Wildman–Crippen LogP) is 2.14. The Hall–Kier alpha value is -0.870. The number of methoxy groups -OCH3 is 1. The SMILES string of the molecule is CCCNCc1ncc(CC(C)(C)OC)o1. The molecule has 1 heterocycles. The lowest BCUT2D eigenvalue weighted by Crippen LogP contribution is -2.25. The van der Waals surface area contributed by atoms with Crippen LogP contribution in [-0.4, -0.2) is 24.2 Å². The summed E-state index contributed by atoms with van der Waals surface area (Å²) in [6.45, 7) is 7.88. The van der Waals surface area contributed by atoms with Crippen LogP contribution < -0.4 is 5.32 Å². The van der Waals surface area contributed by atoms with E-state index >= 15 is 0 Å². The molecule has 1 aromatic rings. The molecule has 0 spiro atoms. The first-order valence-electron chi connectivity index (χ1n) is 5.77. The van der Waals surface area contributed by atoms with E-state index in [9.17, 15) is 0 Å². The number of nitrogens with one attached hydrogen (secondary N) is 1. The Balaban J connectivity index is 2.45. The fraction of sp³-hybridized carbons (Fsp3) is 0.750. The number of hydrogen-bond acceptors (Lipinski definition) is 4. The summed E-state index contributed by atoms with van der Waals surface area (Å²) < 4.78 is 11.0. The van der Waals surface area contributed by atoms with Gasteiger partial charge in [-0.1, -0.05) is 6.92 Å². The molecule has 0 aliphatic heterocycles. The van der Waals surface area contributed by atoms with E-state index < -0.39 is 0 Å². The maximum Gasteiger partial charge on any atom is 0.208 e. The molecule has 1 aromatic heterocycles. The molecule has 0 bridgehead atoms. The highest BCUT2D eigenvalue weighted by atomic mass is 16.5. The summed E-state index contributed by atoms with van der Waals surface area (Å²) in [7, 11) is 1.71. The fourth-order valence-electron chi connectivity index (χ4n) is 1.38. The van der Waals surface area contributed by atoms with Crippen LogP contribution in [0.2, 0.25) is 0 Å². The number of rotatable bonds is 7. The van der Waals surface area contributed by atoms with Gasteiger partial charge in [-0.2, -0.15) is 0 Å². The van der Waals surface area contributed by atoms with Gasteiger partial charge in [0, 0.05) is 13.5 Å². The van der Waals surface area contributed by atoms with Crippen molar-refractivity contribution in [2.45, 2.75) is 45.8 Å². The third-order valence-corrected chi connectivity index (χ3v) is 2.46. The summed E-state index contributed by atoms with van der Waals surface area (Å²) in [5.74, 6) is 1.62. The van der Waals surface area contributed by atoms with Gasteiger partial charge in [0.25, 0.3) is 0 Å². The topological polar surface area (TPSA) is 47.3 Å². The highest BCUT2D eigenvalue weighted by Crippen LogP contribution is 2.16. The van der Waals surface area contributed by atoms with Gasteiger partial charge >= 0.3 is 0 Å². The molecule has 0 aromatic carbocycles. The monoisotopic (exact) mass is 226 g/mol. The second-order valence-electron chi connectivity index (χ2n) is 4.54. The first-order valence-corrected chi connectivity index (χ1v) is 5.77. The molecule has 1 N–H and O–H groups in total. The smallest absolute Gasteiger partial charge is 0.208 e. The zero-order valence-electron chi connectivity index (χ0n) is 10.7. The minimum absolute atomic E-state index is 0.201. The molecular formula is C12H22N2O2. The van der Waals surface area contributed by atoms with Crippen molar-refractivity contribution in [3.05, 3.63) is 17.8 Å². The lowest BCUT2D eigenvalue weighted by Gasteiger charge is -2.20. The van der Waals surface area contributed by atoms with Crippen molar-refractivity contribution in [1.82, 2.24) is 10.3 Å². The Bertz CT molecular complexity index is 308. The van der Waals surface area contributed by atoms with E-state index in [4.69, 9.17) is 9.15 Å². The quantitative estimate of drug-likeness (QED) is 0.724. The molecule has 92 valence electrons. The Labute approximate surface area is 97.4 Å². The minimum Gasteiger partial charge on any atom is -0.444 e. The fourth-order valence-corrected chi connectivity index (χ4v) is 1.38. The summed E-state index contributed by atoms with van der Waals surface area (Å²) in [5, 5.41) is 3.25. The molecule has 0 amide bonds. The van der Waals surface area contributed by atoms with Crippen molar-refractivity contribution in [3.8, 4) is 0 Å². The van der Waals surface area contributed by atoms with Crippen LogP contribution in [0.5, 0.6) is 0 Å². The molecule has 0 unspecified atom stereocenters. The zero-order chi connectivity index (χ0) is 12.0. The maximum absolute atomic E-state index is 5.61. The number of oxazole rings is 1. The molecule has 0 radical (unpaired) electrons. The number of hydrogen-bond donors (Lipinski definition) is 1. The van der Waals surface area contributed by atoms with E-state index in [1.54, 1.807) is 13.3 Å². The highest BCUT2D eigenvalue weighted by molar-refractivity contribution is 4.98. The van der Waals surface area contributed by atoms with Gasteiger partial charge in [0.1, 0.15) is 5.76 Å². The minimum atomic E-state index is -0.201. The Morgan fingerprint density at radius 2 is 2.25 bits per heavy atom. The molecule has 0 saturated heterocycles. The van der Waals surface area contributed by atoms with Crippen LogP contribution in [0.15, 0.2) is 10.6 Å². The number of nitrogens with zero attached hydrogens (tertiary/aromatic N) is 1. The van der Waals surface area contributed by atoms with Crippen molar-refractivity contribution >= 4 is 0 Å². The van der Waals surface area contributed by atoms with Crippen LogP contribution in [0.3, 0.4) is 0 Å². The van der Waals surface area contributed by atoms with Crippen LogP contribution in [0.4, 0.5) is 0 Å². The molecule has 1 rings (SSSR count). The van der Waals surface area contributed by atoms with E-state index in [2.05, 4.69) is 17.2 Å². The number of ether oxygens (including phenoxy) is 1. The van der Waals surface area contributed by atoms with Gasteiger partial charge < -0.3 is 14.5 Å². The van der Waals surface area contributed by atoms with E-state index in [1.807, 2.05) is 13.8 Å². The van der Waals surface area contributed by atoms with Gasteiger partial charge in [-0.15, -0.1) is 0 Å². The molecule has 0 saturated carbocycles. The normalized spacial score (nSPS) is 12.0. The third kappa shape index (κ3) is 4.33. The lowest BCUT2D eigenvalue weighted by atomic mass is 10.0. The standard InChI is InChI=1S/C12H22N2O2/c1-5-6-13-9-11-14-8-10(16-11)7-12(2,3)15-4/h8,13H,5-7,9H2,1-4H3. The van der Waals surface area contributed by atoms with Crippen LogP contribution >= 0.6 is 0 Å². The molecule has 4 nitrogen and oxygen atoms in total. The molecule has 0 fully saturated rings. The first kappa shape index (κ1) is 13.2. The highest BCUT2D eigenvalue weighted by Gasteiger charge is 2.19. The van der Waals surface area contributed by atoms with Gasteiger partial charge in [0.2, 0.25) is 5.89 Å². The van der Waals surface area contributed by atoms with Gasteiger partial charge in [-0.25, -0.2) is 4.98 Å². The second kappa shape index (κ2) is 6.01. The summed E-state index contributed by atoms with van der Waals surface area (Å²) >= 11 is 0. The second-order valence-corrected chi connectivity index (χ2v) is 4.54. The van der Waals surface area contributed by atoms with Crippen molar-refractivity contribution in [2.75, 3.05) is 13.7 Å². The summed E-state index contributed by atoms with van der Waals surface area (Å²) in [6, 6.07) is 0. The van der Waals surface area contributed by atoms with E-state index in [-0.39, 0.29) is 5.60 Å². The van der Waals surface area contributed by atoms with Crippen LogP contribution in [0.25, 0.3) is 0 Å². The zero-order valence-corrected chi connectivity index (χ0v) is 10.7. The lowest BCUT2D eigenvalue weighted by molar-refractivity contribution is 0.0190. The van der Waals surface area contributed by atoms with Crippen LogP contribution in [0.1, 0.15) is 38.8 Å². The molecule has 16 heavy (non-hydrogen) atoms. The molecule has 0 aliphatic carbocycles. The first-order chi connectivity index (χ1) is 7.57. The number of aromatic nitrogens is 1. The van der Waals surface area contributed by atoms with Crippen molar-refractivity contribution in [2.24, 2.45) is 0 Å². The summed E-state index contributed by atoms with van der Waals surface area (Å²) in [5.41, 5.74) is -0.201. The van der Waals surface area contributed by atoms with E-state index in [0.29, 0.717) is 6.54 Å². The summed E-state index contributed by atoms with van der Waals surface area (Å²) in [6.07, 6.45) is 3.64.